The minimum Gasteiger partial charge on any atom is -0.459 e. The Hall–Kier alpha value is -1.10. The SMILES string of the molecule is CC(C)(C)CC1C(CCC2C3CC(CC3C(=O)OC3(C)C4CC5CC(C4)CC3C5)C2C(C)(C)C(C)(C)C)C2CC(C(=O)OC34CC5CC(CC(O)(C5)C3)C4)C1C2. The van der Waals surface area contributed by atoms with Gasteiger partial charge in [0.15, 0.2) is 0 Å². The maximum atomic E-state index is 14.6. The highest BCUT2D eigenvalue weighted by molar-refractivity contribution is 5.75. The van der Waals surface area contributed by atoms with Crippen molar-refractivity contribution in [3.8, 4) is 0 Å². The molecular weight excluding hydrogens is 693 g/mol. The summed E-state index contributed by atoms with van der Waals surface area (Å²) in [7, 11) is 0. The topological polar surface area (TPSA) is 72.8 Å². The van der Waals surface area contributed by atoms with E-state index in [2.05, 4.69) is 62.3 Å². The smallest absolute Gasteiger partial charge is 0.309 e. The van der Waals surface area contributed by atoms with Gasteiger partial charge in [0.2, 0.25) is 0 Å². The molecule has 12 rings (SSSR count). The maximum Gasteiger partial charge on any atom is 0.309 e. The second-order valence-corrected chi connectivity index (χ2v) is 26.5. The molecule has 0 aliphatic heterocycles. The fourth-order valence-electron chi connectivity index (χ4n) is 18.6. The summed E-state index contributed by atoms with van der Waals surface area (Å²) >= 11 is 0. The van der Waals surface area contributed by atoms with Crippen LogP contribution in [0.2, 0.25) is 0 Å². The number of hydrogen-bond acceptors (Lipinski definition) is 5. The van der Waals surface area contributed by atoms with Crippen LogP contribution in [-0.2, 0) is 19.1 Å². The van der Waals surface area contributed by atoms with Gasteiger partial charge in [-0.1, -0.05) is 55.4 Å². The summed E-state index contributed by atoms with van der Waals surface area (Å²) in [6.07, 6.45) is 20.2. The zero-order valence-corrected chi connectivity index (χ0v) is 37.0. The summed E-state index contributed by atoms with van der Waals surface area (Å²) in [4.78, 5) is 28.9. The number of hydrogen-bond donors (Lipinski definition) is 1. The monoisotopic (exact) mass is 773 g/mol. The molecule has 5 nitrogen and oxygen atoms in total. The van der Waals surface area contributed by atoms with Gasteiger partial charge in [-0.05, 0) is 215 Å². The van der Waals surface area contributed by atoms with Crippen molar-refractivity contribution in [3.05, 3.63) is 0 Å². The Morgan fingerprint density at radius 3 is 1.70 bits per heavy atom. The molecule has 12 atom stereocenters. The van der Waals surface area contributed by atoms with Crippen LogP contribution in [0.3, 0.4) is 0 Å². The molecule has 12 saturated carbocycles. The lowest BCUT2D eigenvalue weighted by Crippen LogP contribution is -2.60. The highest BCUT2D eigenvalue weighted by atomic mass is 16.6. The first-order chi connectivity index (χ1) is 26.1. The van der Waals surface area contributed by atoms with E-state index in [1.807, 2.05) is 0 Å². The van der Waals surface area contributed by atoms with Gasteiger partial charge in [0, 0.05) is 6.42 Å². The molecule has 12 fully saturated rings. The number of fused-ring (bicyclic) bond motifs is 4. The highest BCUT2D eigenvalue weighted by Crippen LogP contribution is 2.68. The van der Waals surface area contributed by atoms with E-state index in [0.717, 1.165) is 50.4 Å². The number of rotatable bonds is 9. The van der Waals surface area contributed by atoms with Crippen molar-refractivity contribution in [3.63, 3.8) is 0 Å². The van der Waals surface area contributed by atoms with Gasteiger partial charge in [-0.15, -0.1) is 0 Å². The van der Waals surface area contributed by atoms with E-state index in [1.165, 1.54) is 70.6 Å². The molecule has 12 bridgehead atoms. The number of carbonyl (C=O) groups is 2. The summed E-state index contributed by atoms with van der Waals surface area (Å²) in [5.74, 6) is 8.72. The average molecular weight is 773 g/mol. The molecule has 0 radical (unpaired) electrons. The molecule has 0 spiro atoms. The van der Waals surface area contributed by atoms with Crippen LogP contribution in [0.15, 0.2) is 0 Å². The molecule has 0 heterocycles. The van der Waals surface area contributed by atoms with Crippen LogP contribution in [0.5, 0.6) is 0 Å². The number of esters is 2. The van der Waals surface area contributed by atoms with Crippen LogP contribution in [0, 0.1) is 111 Å². The molecule has 12 aliphatic rings. The van der Waals surface area contributed by atoms with E-state index in [4.69, 9.17) is 9.47 Å². The van der Waals surface area contributed by atoms with Crippen LogP contribution in [-0.4, -0.2) is 33.8 Å². The molecule has 314 valence electrons. The van der Waals surface area contributed by atoms with Crippen LogP contribution in [0.25, 0.3) is 0 Å². The minimum absolute atomic E-state index is 0.0204. The molecular formula is C51H80O5. The quantitative estimate of drug-likeness (QED) is 0.236. The van der Waals surface area contributed by atoms with Crippen LogP contribution < -0.4 is 0 Å². The van der Waals surface area contributed by atoms with Crippen molar-refractivity contribution < 1.29 is 24.2 Å². The van der Waals surface area contributed by atoms with Gasteiger partial charge >= 0.3 is 11.9 Å². The number of carbonyl (C=O) groups excluding carboxylic acids is 2. The third-order valence-electron chi connectivity index (χ3n) is 20.9. The lowest BCUT2D eigenvalue weighted by Gasteiger charge is -2.59. The summed E-state index contributed by atoms with van der Waals surface area (Å²) in [6.45, 7) is 22.0. The first-order valence-corrected chi connectivity index (χ1v) is 24.3. The Morgan fingerprint density at radius 1 is 0.607 bits per heavy atom. The van der Waals surface area contributed by atoms with Crippen LogP contribution in [0.4, 0.5) is 0 Å². The van der Waals surface area contributed by atoms with Crippen molar-refractivity contribution >= 4 is 11.9 Å². The Morgan fingerprint density at radius 2 is 1.12 bits per heavy atom. The van der Waals surface area contributed by atoms with Gasteiger partial charge in [0.05, 0.1) is 17.4 Å². The zero-order valence-electron chi connectivity index (χ0n) is 37.0. The largest absolute Gasteiger partial charge is 0.459 e. The Kier molecular flexibility index (Phi) is 8.87. The van der Waals surface area contributed by atoms with Gasteiger partial charge in [0.25, 0.3) is 0 Å². The summed E-state index contributed by atoms with van der Waals surface area (Å²) in [5.41, 5.74) is -0.706. The van der Waals surface area contributed by atoms with Crippen molar-refractivity contribution in [1.82, 2.24) is 0 Å². The number of aliphatic hydroxyl groups is 1. The van der Waals surface area contributed by atoms with Gasteiger partial charge in [-0.25, -0.2) is 0 Å². The van der Waals surface area contributed by atoms with Gasteiger partial charge in [-0.2, -0.15) is 0 Å². The Bertz CT molecular complexity index is 1530. The Balaban J connectivity index is 0.861. The summed E-state index contributed by atoms with van der Waals surface area (Å²) in [5, 5.41) is 11.4. The minimum atomic E-state index is -0.610. The molecule has 0 aromatic carbocycles. The summed E-state index contributed by atoms with van der Waals surface area (Å²) in [6, 6.07) is 0. The van der Waals surface area contributed by atoms with Crippen molar-refractivity contribution in [2.75, 3.05) is 0 Å². The first-order valence-electron chi connectivity index (χ1n) is 24.3. The summed E-state index contributed by atoms with van der Waals surface area (Å²) < 4.78 is 13.6. The van der Waals surface area contributed by atoms with Gasteiger partial charge in [-0.3, -0.25) is 9.59 Å². The van der Waals surface area contributed by atoms with E-state index in [9.17, 15) is 14.7 Å². The predicted molar refractivity (Wildman–Crippen MR) is 220 cm³/mol. The van der Waals surface area contributed by atoms with E-state index in [0.29, 0.717) is 77.4 Å². The molecule has 56 heavy (non-hydrogen) atoms. The van der Waals surface area contributed by atoms with E-state index in [1.54, 1.807) is 0 Å². The Labute approximate surface area is 340 Å². The normalized spacial score (nSPS) is 52.3. The maximum absolute atomic E-state index is 14.6. The zero-order chi connectivity index (χ0) is 39.5. The van der Waals surface area contributed by atoms with E-state index in [-0.39, 0.29) is 45.6 Å². The third-order valence-corrected chi connectivity index (χ3v) is 20.9. The fourth-order valence-corrected chi connectivity index (χ4v) is 18.6. The molecule has 0 aromatic rings. The van der Waals surface area contributed by atoms with Crippen molar-refractivity contribution in [2.45, 2.75) is 195 Å². The highest BCUT2D eigenvalue weighted by Gasteiger charge is 2.65. The lowest BCUT2D eigenvalue weighted by atomic mass is 9.50. The third kappa shape index (κ3) is 6.18. The lowest BCUT2D eigenvalue weighted by molar-refractivity contribution is -0.224. The molecule has 12 aliphatic carbocycles. The van der Waals surface area contributed by atoms with Crippen LogP contribution in [0.1, 0.15) is 178 Å². The van der Waals surface area contributed by atoms with Gasteiger partial charge < -0.3 is 14.6 Å². The van der Waals surface area contributed by atoms with Crippen molar-refractivity contribution in [1.29, 1.82) is 0 Å². The average Bonchev–Trinajstić information content (AvgIpc) is 3.84. The molecule has 12 unspecified atom stereocenters. The van der Waals surface area contributed by atoms with Gasteiger partial charge in [0.1, 0.15) is 11.2 Å². The number of ether oxygens (including phenoxy) is 2. The van der Waals surface area contributed by atoms with E-state index < -0.39 is 11.2 Å². The molecule has 0 saturated heterocycles. The van der Waals surface area contributed by atoms with Crippen LogP contribution >= 0.6 is 0 Å². The van der Waals surface area contributed by atoms with E-state index >= 15 is 0 Å². The molecule has 0 aromatic heterocycles. The van der Waals surface area contributed by atoms with Crippen molar-refractivity contribution in [2.24, 2.45) is 111 Å². The second kappa shape index (κ2) is 12.7. The molecule has 1 N–H and O–H groups in total. The first kappa shape index (κ1) is 39.1. The predicted octanol–water partition coefficient (Wildman–Crippen LogP) is 11.4. The molecule has 5 heteroatoms. The second-order valence-electron chi connectivity index (χ2n) is 26.5. The molecule has 0 amide bonds. The standard InChI is InChI=1S/C51H80O5/c1-46(2,3)26-42-36(32-18-39(42)40(19-32)45(53)56-51-24-30-13-31(25-51)23-50(54,22-30)27-51)10-11-37-38-20-33(43(37)48(7,8)47(4,5)6)21-41(38)44(52)55-49(9)34-14-28-12-29(16-34)17-35(49)15-28/h28-43,54H,10-27H2,1-9H3. The fraction of sp³-hybridized carbons (Fsp3) is 0.961.